The Hall–Kier alpha value is -2.37. The summed E-state index contributed by atoms with van der Waals surface area (Å²) in [6, 6.07) is -0.0366. The second kappa shape index (κ2) is 6.98. The Morgan fingerprint density at radius 1 is 1.22 bits per heavy atom. The Kier molecular flexibility index (Phi) is 5.02. The third-order valence-electron chi connectivity index (χ3n) is 4.49. The highest BCUT2D eigenvalue weighted by Gasteiger charge is 2.35. The maximum absolute atomic E-state index is 12.9. The minimum absolute atomic E-state index is 0.00113. The number of rotatable bonds is 4. The Morgan fingerprint density at radius 3 is 2.48 bits per heavy atom. The maximum Gasteiger partial charge on any atom is 0.421 e. The predicted octanol–water partition coefficient (Wildman–Crippen LogP) is 2.54. The van der Waals surface area contributed by atoms with Gasteiger partial charge in [0.05, 0.1) is 35.1 Å². The highest BCUT2D eigenvalue weighted by atomic mass is 32.2. The summed E-state index contributed by atoms with van der Waals surface area (Å²) in [5.74, 6) is -0.0932. The van der Waals surface area contributed by atoms with Crippen LogP contribution in [0.3, 0.4) is 0 Å². The van der Waals surface area contributed by atoms with Gasteiger partial charge in [-0.2, -0.15) is 23.3 Å². The van der Waals surface area contributed by atoms with E-state index in [1.807, 2.05) is 0 Å². The van der Waals surface area contributed by atoms with Gasteiger partial charge in [-0.05, 0) is 19.8 Å². The molecule has 148 valence electrons. The van der Waals surface area contributed by atoms with Crippen LogP contribution in [0, 0.1) is 6.92 Å². The number of sulfone groups is 1. The number of anilines is 3. The topological polar surface area (TPSA) is 102 Å². The van der Waals surface area contributed by atoms with E-state index in [9.17, 15) is 21.6 Å². The highest BCUT2D eigenvalue weighted by Crippen LogP contribution is 2.34. The Labute approximate surface area is 154 Å². The lowest BCUT2D eigenvalue weighted by molar-refractivity contribution is -0.137. The normalized spacial score (nSPS) is 17.7. The molecule has 2 aromatic rings. The first-order valence-corrected chi connectivity index (χ1v) is 10.1. The summed E-state index contributed by atoms with van der Waals surface area (Å²) in [7, 11) is -1.63. The van der Waals surface area contributed by atoms with E-state index in [1.54, 1.807) is 11.6 Å². The lowest BCUT2D eigenvalue weighted by atomic mass is 10.1. The molecule has 2 N–H and O–H groups in total. The molecule has 0 unspecified atom stereocenters. The van der Waals surface area contributed by atoms with Gasteiger partial charge < -0.3 is 10.6 Å². The maximum atomic E-state index is 12.9. The van der Waals surface area contributed by atoms with Gasteiger partial charge >= 0.3 is 6.18 Å². The second-order valence-corrected chi connectivity index (χ2v) is 8.60. The molecule has 3 heterocycles. The van der Waals surface area contributed by atoms with Crippen LogP contribution in [0.25, 0.3) is 0 Å². The summed E-state index contributed by atoms with van der Waals surface area (Å²) >= 11 is 0. The molecule has 27 heavy (non-hydrogen) atoms. The summed E-state index contributed by atoms with van der Waals surface area (Å²) in [5, 5.41) is 9.58. The molecule has 8 nitrogen and oxygen atoms in total. The Morgan fingerprint density at radius 2 is 1.89 bits per heavy atom. The smallest absolute Gasteiger partial charge is 0.372 e. The van der Waals surface area contributed by atoms with Gasteiger partial charge in [0.15, 0.2) is 0 Å². The van der Waals surface area contributed by atoms with Gasteiger partial charge in [-0.25, -0.2) is 13.4 Å². The van der Waals surface area contributed by atoms with Crippen LogP contribution in [0.1, 0.15) is 30.1 Å². The van der Waals surface area contributed by atoms with Crippen LogP contribution in [-0.2, 0) is 16.0 Å². The summed E-state index contributed by atoms with van der Waals surface area (Å²) < 4.78 is 63.7. The van der Waals surface area contributed by atoms with Crippen molar-refractivity contribution in [2.24, 2.45) is 0 Å². The van der Waals surface area contributed by atoms with Crippen LogP contribution in [0.2, 0.25) is 0 Å². The number of halogens is 3. The molecule has 1 saturated heterocycles. The molecule has 0 saturated carbocycles. The third kappa shape index (κ3) is 4.15. The minimum Gasteiger partial charge on any atom is -0.372 e. The van der Waals surface area contributed by atoms with Crippen molar-refractivity contribution in [1.82, 2.24) is 19.7 Å². The van der Waals surface area contributed by atoms with Gasteiger partial charge in [0, 0.05) is 13.2 Å². The zero-order chi connectivity index (χ0) is 19.8. The molecule has 1 aliphatic heterocycles. The zero-order valence-corrected chi connectivity index (χ0v) is 15.5. The van der Waals surface area contributed by atoms with Crippen LogP contribution >= 0.6 is 0 Å². The van der Waals surface area contributed by atoms with Crippen molar-refractivity contribution in [2.75, 3.05) is 29.2 Å². The molecule has 0 aromatic carbocycles. The number of aromatic nitrogens is 4. The largest absolute Gasteiger partial charge is 0.421 e. The van der Waals surface area contributed by atoms with E-state index < -0.39 is 21.6 Å². The van der Waals surface area contributed by atoms with Gasteiger partial charge in [0.2, 0.25) is 5.95 Å². The standard InChI is InChI=1S/C15H19F3N6O2S/c1-9-12(8-21-24(9)10-3-5-27(25,26)6-4-10)22-14-20-7-11(15(16,17)18)13(19-2)23-14/h7-8,10H,3-6H2,1-2H3,(H2,19,20,22,23). The van der Waals surface area contributed by atoms with Crippen LogP contribution in [0.15, 0.2) is 12.4 Å². The van der Waals surface area contributed by atoms with E-state index in [4.69, 9.17) is 0 Å². The predicted molar refractivity (Wildman–Crippen MR) is 93.8 cm³/mol. The van der Waals surface area contributed by atoms with Gasteiger partial charge in [-0.1, -0.05) is 0 Å². The van der Waals surface area contributed by atoms with Crippen molar-refractivity contribution in [2.45, 2.75) is 32.0 Å². The molecule has 12 heteroatoms. The van der Waals surface area contributed by atoms with E-state index in [2.05, 4.69) is 25.7 Å². The lowest BCUT2D eigenvalue weighted by Crippen LogP contribution is -2.26. The molecule has 1 aliphatic rings. The van der Waals surface area contributed by atoms with E-state index in [1.165, 1.54) is 13.2 Å². The van der Waals surface area contributed by atoms with Crippen molar-refractivity contribution in [3.63, 3.8) is 0 Å². The molecule has 0 radical (unpaired) electrons. The van der Waals surface area contributed by atoms with Crippen molar-refractivity contribution in [1.29, 1.82) is 0 Å². The number of hydrogen-bond acceptors (Lipinski definition) is 7. The molecule has 0 atom stereocenters. The SMILES string of the molecule is CNc1nc(Nc2cnn(C3CCS(=O)(=O)CC3)c2C)ncc1C(F)(F)F. The summed E-state index contributed by atoms with van der Waals surface area (Å²) in [4.78, 5) is 7.60. The van der Waals surface area contributed by atoms with Crippen LogP contribution in [-0.4, -0.2) is 46.7 Å². The fraction of sp³-hybridized carbons (Fsp3) is 0.533. The van der Waals surface area contributed by atoms with Crippen molar-refractivity contribution in [3.05, 3.63) is 23.7 Å². The van der Waals surface area contributed by atoms with Crippen LogP contribution < -0.4 is 10.6 Å². The molecule has 3 rings (SSSR count). The number of hydrogen-bond donors (Lipinski definition) is 2. The highest BCUT2D eigenvalue weighted by molar-refractivity contribution is 7.91. The van der Waals surface area contributed by atoms with Crippen LogP contribution in [0.5, 0.6) is 0 Å². The van der Waals surface area contributed by atoms with Crippen molar-refractivity contribution < 1.29 is 21.6 Å². The first kappa shape index (κ1) is 19.4. The number of nitrogens with zero attached hydrogens (tertiary/aromatic N) is 4. The summed E-state index contributed by atoms with van der Waals surface area (Å²) in [5.41, 5.74) is 0.324. The molecule has 2 aromatic heterocycles. The molecule has 0 aliphatic carbocycles. The average molecular weight is 404 g/mol. The number of alkyl halides is 3. The fourth-order valence-electron chi connectivity index (χ4n) is 3.00. The molecule has 1 fully saturated rings. The Bertz CT molecular complexity index is 928. The van der Waals surface area contributed by atoms with Gasteiger partial charge in [-0.3, -0.25) is 4.68 Å². The minimum atomic E-state index is -4.56. The van der Waals surface area contributed by atoms with Crippen molar-refractivity contribution >= 4 is 27.3 Å². The average Bonchev–Trinajstić information content (AvgIpc) is 2.94. The lowest BCUT2D eigenvalue weighted by Gasteiger charge is -2.23. The quantitative estimate of drug-likeness (QED) is 0.807. The van der Waals surface area contributed by atoms with Gasteiger partial charge in [0.25, 0.3) is 0 Å². The molecular weight excluding hydrogens is 385 g/mol. The second-order valence-electron chi connectivity index (χ2n) is 6.30. The van der Waals surface area contributed by atoms with Crippen molar-refractivity contribution in [3.8, 4) is 0 Å². The monoisotopic (exact) mass is 404 g/mol. The fourth-order valence-corrected chi connectivity index (χ4v) is 4.46. The van der Waals surface area contributed by atoms with E-state index in [0.29, 0.717) is 24.7 Å². The summed E-state index contributed by atoms with van der Waals surface area (Å²) in [6.07, 6.45) is -1.36. The third-order valence-corrected chi connectivity index (χ3v) is 6.21. The first-order chi connectivity index (χ1) is 12.6. The molecule has 0 bridgehead atoms. The molecule has 0 spiro atoms. The summed E-state index contributed by atoms with van der Waals surface area (Å²) in [6.45, 7) is 1.79. The Balaban J connectivity index is 1.80. The number of nitrogens with one attached hydrogen (secondary N) is 2. The van der Waals surface area contributed by atoms with Crippen LogP contribution in [0.4, 0.5) is 30.6 Å². The first-order valence-electron chi connectivity index (χ1n) is 8.24. The van der Waals surface area contributed by atoms with E-state index in [-0.39, 0.29) is 29.3 Å². The van der Waals surface area contributed by atoms with Gasteiger partial charge in [0.1, 0.15) is 21.2 Å². The molecular formula is C15H19F3N6O2S. The van der Waals surface area contributed by atoms with E-state index >= 15 is 0 Å². The molecule has 0 amide bonds. The van der Waals surface area contributed by atoms with Gasteiger partial charge in [-0.15, -0.1) is 0 Å². The zero-order valence-electron chi connectivity index (χ0n) is 14.7. The van der Waals surface area contributed by atoms with E-state index in [0.717, 1.165) is 5.69 Å².